The van der Waals surface area contributed by atoms with E-state index in [1.807, 2.05) is 0 Å². The summed E-state index contributed by atoms with van der Waals surface area (Å²) in [6.45, 7) is -0.159. The maximum atomic E-state index is 11.8. The van der Waals surface area contributed by atoms with Crippen LogP contribution in [0.25, 0.3) is 6.08 Å². The molecule has 0 aromatic heterocycles. The van der Waals surface area contributed by atoms with Crippen LogP contribution in [0.3, 0.4) is 0 Å². The van der Waals surface area contributed by atoms with Gasteiger partial charge < -0.3 is 10.5 Å². The minimum atomic E-state index is -0.527. The molecule has 1 saturated heterocycles. The summed E-state index contributed by atoms with van der Waals surface area (Å²) in [4.78, 5) is 24.5. The molecule has 1 aromatic rings. The molecule has 1 fully saturated rings. The van der Waals surface area contributed by atoms with Crippen molar-refractivity contribution in [3.8, 4) is 5.75 Å². The lowest BCUT2D eigenvalue weighted by Gasteiger charge is -2.04. The van der Waals surface area contributed by atoms with Crippen molar-refractivity contribution in [2.75, 3.05) is 13.7 Å². The van der Waals surface area contributed by atoms with Crippen LogP contribution in [0.1, 0.15) is 5.56 Å². The minimum absolute atomic E-state index is 0.103. The van der Waals surface area contributed by atoms with Gasteiger partial charge in [0.15, 0.2) is 6.61 Å². The summed E-state index contributed by atoms with van der Waals surface area (Å²) in [5.74, 6) is -0.0845. The molecule has 2 amide bonds. The fraction of sp³-hybridized carbons (Fsp3) is 0.154. The first-order chi connectivity index (χ1) is 9.47. The van der Waals surface area contributed by atoms with Gasteiger partial charge in [0.05, 0.1) is 4.91 Å². The average molecular weight is 308 g/mol. The highest BCUT2D eigenvalue weighted by atomic mass is 32.2. The molecule has 1 aliphatic heterocycles. The number of ether oxygens (including phenoxy) is 1. The predicted octanol–water partition coefficient (Wildman–Crippen LogP) is 1.38. The second kappa shape index (κ2) is 6.06. The van der Waals surface area contributed by atoms with Gasteiger partial charge in [0.1, 0.15) is 10.1 Å². The van der Waals surface area contributed by atoms with Crippen molar-refractivity contribution in [2.45, 2.75) is 0 Å². The third-order valence-electron chi connectivity index (χ3n) is 2.55. The van der Waals surface area contributed by atoms with Crippen molar-refractivity contribution >= 4 is 46.2 Å². The molecule has 104 valence electrons. The first-order valence-corrected chi connectivity index (χ1v) is 6.92. The number of likely N-dealkylation sites (N-methyl/N-ethyl adjacent to an activating group) is 1. The molecule has 0 spiro atoms. The van der Waals surface area contributed by atoms with Crippen LogP contribution in [0.2, 0.25) is 0 Å². The van der Waals surface area contributed by atoms with E-state index in [4.69, 9.17) is 22.7 Å². The van der Waals surface area contributed by atoms with Crippen LogP contribution in [0.5, 0.6) is 5.75 Å². The molecule has 0 bridgehead atoms. The molecule has 7 heteroatoms. The zero-order chi connectivity index (χ0) is 14.7. The normalized spacial score (nSPS) is 16.9. The van der Waals surface area contributed by atoms with Gasteiger partial charge in [-0.25, -0.2) is 0 Å². The Kier molecular flexibility index (Phi) is 4.41. The Morgan fingerprint density at radius 1 is 1.45 bits per heavy atom. The number of benzene rings is 1. The molecule has 1 aliphatic rings. The van der Waals surface area contributed by atoms with Crippen LogP contribution in [-0.4, -0.2) is 34.7 Å². The summed E-state index contributed by atoms with van der Waals surface area (Å²) in [6, 6.07) is 7.00. The number of hydrogen-bond acceptors (Lipinski definition) is 5. The van der Waals surface area contributed by atoms with Gasteiger partial charge in [0.2, 0.25) is 0 Å². The molecule has 2 rings (SSSR count). The highest BCUT2D eigenvalue weighted by Crippen LogP contribution is 2.31. The number of rotatable bonds is 4. The van der Waals surface area contributed by atoms with Gasteiger partial charge in [-0.2, -0.15) is 0 Å². The van der Waals surface area contributed by atoms with E-state index in [0.29, 0.717) is 15.0 Å². The number of carbonyl (C=O) groups is 2. The van der Waals surface area contributed by atoms with E-state index >= 15 is 0 Å². The van der Waals surface area contributed by atoms with E-state index in [-0.39, 0.29) is 12.5 Å². The Balaban J connectivity index is 2.09. The molecule has 20 heavy (non-hydrogen) atoms. The lowest BCUT2D eigenvalue weighted by molar-refractivity contribution is -0.121. The van der Waals surface area contributed by atoms with E-state index in [1.165, 1.54) is 16.7 Å². The van der Waals surface area contributed by atoms with Crippen LogP contribution >= 0.6 is 24.0 Å². The lowest BCUT2D eigenvalue weighted by Crippen LogP contribution is -2.22. The van der Waals surface area contributed by atoms with Crippen molar-refractivity contribution in [2.24, 2.45) is 5.73 Å². The Bertz CT molecular complexity index is 596. The van der Waals surface area contributed by atoms with Crippen LogP contribution < -0.4 is 10.5 Å². The second-order valence-electron chi connectivity index (χ2n) is 4.06. The van der Waals surface area contributed by atoms with Gasteiger partial charge in [0.25, 0.3) is 11.8 Å². The van der Waals surface area contributed by atoms with Gasteiger partial charge in [-0.3, -0.25) is 14.5 Å². The number of amides is 2. The number of hydrogen-bond donors (Lipinski definition) is 1. The van der Waals surface area contributed by atoms with Crippen LogP contribution in [0.15, 0.2) is 29.2 Å². The number of thiocarbonyl (C=S) groups is 1. The van der Waals surface area contributed by atoms with Gasteiger partial charge in [-0.1, -0.05) is 36.1 Å². The monoisotopic (exact) mass is 308 g/mol. The van der Waals surface area contributed by atoms with Crippen molar-refractivity contribution in [3.05, 3.63) is 34.7 Å². The fourth-order valence-corrected chi connectivity index (χ4v) is 2.69. The minimum Gasteiger partial charge on any atom is -0.484 e. The number of primary amides is 1. The Morgan fingerprint density at radius 2 is 2.10 bits per heavy atom. The van der Waals surface area contributed by atoms with E-state index in [2.05, 4.69) is 0 Å². The standard InChI is InChI=1S/C13H12N2O3S2/c1-15-12(17)10(20-13(15)19)6-8-2-4-9(5-3-8)18-7-11(14)16/h2-6H,7H2,1H3,(H2,14,16)/b10-6-. The van der Waals surface area contributed by atoms with Crippen molar-refractivity contribution in [3.63, 3.8) is 0 Å². The molecule has 1 aromatic carbocycles. The number of nitrogens with zero attached hydrogens (tertiary/aromatic N) is 1. The summed E-state index contributed by atoms with van der Waals surface area (Å²) in [6.07, 6.45) is 1.76. The van der Waals surface area contributed by atoms with E-state index in [0.717, 1.165) is 5.56 Å². The van der Waals surface area contributed by atoms with E-state index < -0.39 is 5.91 Å². The SMILES string of the molecule is CN1C(=O)/C(=C/c2ccc(OCC(N)=O)cc2)SC1=S. The van der Waals surface area contributed by atoms with Crippen LogP contribution in [-0.2, 0) is 9.59 Å². The maximum absolute atomic E-state index is 11.8. The highest BCUT2D eigenvalue weighted by molar-refractivity contribution is 8.26. The molecular weight excluding hydrogens is 296 g/mol. The summed E-state index contributed by atoms with van der Waals surface area (Å²) < 4.78 is 5.70. The van der Waals surface area contributed by atoms with E-state index in [9.17, 15) is 9.59 Å². The molecule has 0 radical (unpaired) electrons. The van der Waals surface area contributed by atoms with Crippen LogP contribution in [0, 0.1) is 0 Å². The zero-order valence-electron chi connectivity index (χ0n) is 10.7. The first-order valence-electron chi connectivity index (χ1n) is 5.70. The molecule has 1 heterocycles. The van der Waals surface area contributed by atoms with Crippen molar-refractivity contribution in [1.29, 1.82) is 0 Å². The summed E-state index contributed by atoms with van der Waals surface area (Å²) in [5, 5.41) is 0. The fourth-order valence-electron chi connectivity index (χ4n) is 1.51. The van der Waals surface area contributed by atoms with Gasteiger partial charge in [0, 0.05) is 7.05 Å². The van der Waals surface area contributed by atoms with Crippen molar-refractivity contribution in [1.82, 2.24) is 4.90 Å². The summed E-state index contributed by atoms with van der Waals surface area (Å²) >= 11 is 6.33. The second-order valence-corrected chi connectivity index (χ2v) is 5.74. The smallest absolute Gasteiger partial charge is 0.265 e. The Labute approximate surface area is 125 Å². The van der Waals surface area contributed by atoms with Crippen molar-refractivity contribution < 1.29 is 14.3 Å². The van der Waals surface area contributed by atoms with E-state index in [1.54, 1.807) is 37.4 Å². The largest absolute Gasteiger partial charge is 0.484 e. The first kappa shape index (κ1) is 14.5. The quantitative estimate of drug-likeness (QED) is 0.672. The molecule has 0 aliphatic carbocycles. The Morgan fingerprint density at radius 3 is 2.60 bits per heavy atom. The predicted molar refractivity (Wildman–Crippen MR) is 82.1 cm³/mol. The molecular formula is C13H12N2O3S2. The third kappa shape index (κ3) is 3.37. The summed E-state index contributed by atoms with van der Waals surface area (Å²) in [5.41, 5.74) is 5.84. The van der Waals surface area contributed by atoms with Gasteiger partial charge in [-0.15, -0.1) is 0 Å². The maximum Gasteiger partial charge on any atom is 0.265 e. The topological polar surface area (TPSA) is 72.6 Å². The molecule has 2 N–H and O–H groups in total. The molecule has 0 atom stereocenters. The van der Waals surface area contributed by atoms with Crippen LogP contribution in [0.4, 0.5) is 0 Å². The lowest BCUT2D eigenvalue weighted by atomic mass is 10.2. The summed E-state index contributed by atoms with van der Waals surface area (Å²) in [7, 11) is 1.65. The average Bonchev–Trinajstić information content (AvgIpc) is 2.65. The molecule has 0 saturated carbocycles. The number of thioether (sulfide) groups is 1. The highest BCUT2D eigenvalue weighted by Gasteiger charge is 2.28. The molecule has 0 unspecified atom stereocenters. The molecule has 5 nitrogen and oxygen atoms in total. The number of carbonyl (C=O) groups excluding carboxylic acids is 2. The number of nitrogens with two attached hydrogens (primary N) is 1. The Hall–Kier alpha value is -1.86. The third-order valence-corrected chi connectivity index (χ3v) is 4.03. The zero-order valence-corrected chi connectivity index (χ0v) is 12.3. The van der Waals surface area contributed by atoms with Gasteiger partial charge >= 0.3 is 0 Å². The van der Waals surface area contributed by atoms with Gasteiger partial charge in [-0.05, 0) is 23.8 Å².